The standard InChI is InChI=1S/C12H9O4P.C6H13N/c13-11-7-3-1-5-9(11)10-6-2-4-8-12(10)16-17(14)15;7-6-4-2-1-3-5-6/h1-8,13H;6H,1-5,7H2/p+1. The maximum absolute atomic E-state index is 10.6. The highest BCUT2D eigenvalue weighted by molar-refractivity contribution is 7.31. The average Bonchev–Trinajstić information content (AvgIpc) is 2.57. The Morgan fingerprint density at radius 1 is 1.00 bits per heavy atom. The molecule has 0 spiro atoms. The number of para-hydroxylation sites is 2. The van der Waals surface area contributed by atoms with E-state index in [1.54, 1.807) is 36.4 Å². The van der Waals surface area contributed by atoms with E-state index in [4.69, 9.17) is 4.52 Å². The van der Waals surface area contributed by atoms with Crippen molar-refractivity contribution in [2.45, 2.75) is 38.1 Å². The molecule has 0 heterocycles. The summed E-state index contributed by atoms with van der Waals surface area (Å²) in [6, 6.07) is 14.1. The van der Waals surface area contributed by atoms with Crippen LogP contribution in [0.1, 0.15) is 32.1 Å². The van der Waals surface area contributed by atoms with Crippen molar-refractivity contribution in [2.24, 2.45) is 0 Å². The molecule has 1 aliphatic rings. The molecule has 2 aromatic carbocycles. The lowest BCUT2D eigenvalue weighted by molar-refractivity contribution is -0.425. The van der Waals surface area contributed by atoms with Gasteiger partial charge in [0, 0.05) is 11.1 Å². The van der Waals surface area contributed by atoms with Crippen LogP contribution >= 0.6 is 8.25 Å². The maximum Gasteiger partial charge on any atom is 0.539 e. The van der Waals surface area contributed by atoms with Gasteiger partial charge in [0.05, 0.1) is 6.04 Å². The number of phenolic OH excluding ortho intramolecular Hbond substituents is 1. The molecule has 2 aromatic rings. The minimum atomic E-state index is -2.97. The molecule has 0 aliphatic heterocycles. The molecular formula is C18H23NO4P+. The van der Waals surface area contributed by atoms with E-state index < -0.39 is 8.25 Å². The van der Waals surface area contributed by atoms with Crippen LogP contribution in [0.25, 0.3) is 11.1 Å². The van der Waals surface area contributed by atoms with Crippen molar-refractivity contribution in [3.63, 3.8) is 0 Å². The summed E-state index contributed by atoms with van der Waals surface area (Å²) in [5, 5.41) is 9.72. The van der Waals surface area contributed by atoms with Gasteiger partial charge in [-0.1, -0.05) is 42.8 Å². The van der Waals surface area contributed by atoms with Crippen LogP contribution in [0, 0.1) is 0 Å². The quantitative estimate of drug-likeness (QED) is 0.833. The largest absolute Gasteiger partial charge is 0.558 e. The van der Waals surface area contributed by atoms with Crippen LogP contribution in [0.3, 0.4) is 0 Å². The first-order chi connectivity index (χ1) is 11.6. The molecule has 0 bridgehead atoms. The monoisotopic (exact) mass is 348 g/mol. The smallest absolute Gasteiger partial charge is 0.539 e. The van der Waals surface area contributed by atoms with Gasteiger partial charge < -0.3 is 15.7 Å². The fourth-order valence-electron chi connectivity index (χ4n) is 2.74. The van der Waals surface area contributed by atoms with Gasteiger partial charge in [0.2, 0.25) is 0 Å². The second-order valence-electron chi connectivity index (χ2n) is 5.83. The Hall–Kier alpha value is -1.94. The minimum Gasteiger partial charge on any atom is -0.558 e. The van der Waals surface area contributed by atoms with Gasteiger partial charge in [-0.3, -0.25) is 4.52 Å². The van der Waals surface area contributed by atoms with Crippen LogP contribution in [0.4, 0.5) is 0 Å². The van der Waals surface area contributed by atoms with Gasteiger partial charge in [-0.15, -0.1) is 0 Å². The Morgan fingerprint density at radius 3 is 2.12 bits per heavy atom. The van der Waals surface area contributed by atoms with Gasteiger partial charge in [0.25, 0.3) is 0 Å². The molecule has 1 fully saturated rings. The fraction of sp³-hybridized carbons (Fsp3) is 0.333. The molecule has 0 saturated heterocycles. The van der Waals surface area contributed by atoms with Crippen LogP contribution in [-0.2, 0) is 4.57 Å². The number of phenols is 1. The van der Waals surface area contributed by atoms with E-state index in [-0.39, 0.29) is 11.5 Å². The van der Waals surface area contributed by atoms with Crippen molar-refractivity contribution in [3.05, 3.63) is 48.5 Å². The van der Waals surface area contributed by atoms with E-state index in [1.165, 1.54) is 44.2 Å². The Labute approximate surface area is 143 Å². The number of benzene rings is 2. The van der Waals surface area contributed by atoms with Crippen LogP contribution < -0.4 is 15.2 Å². The Kier molecular flexibility index (Phi) is 7.19. The lowest BCUT2D eigenvalue weighted by Crippen LogP contribution is -2.61. The third kappa shape index (κ3) is 5.60. The zero-order valence-electron chi connectivity index (χ0n) is 13.6. The van der Waals surface area contributed by atoms with Crippen LogP contribution in [-0.4, -0.2) is 11.1 Å². The lowest BCUT2D eigenvalue weighted by atomic mass is 9.97. The molecule has 0 radical (unpaired) electrons. The molecule has 1 aliphatic carbocycles. The lowest BCUT2D eigenvalue weighted by Gasteiger charge is -2.12. The molecule has 0 aromatic heterocycles. The van der Waals surface area contributed by atoms with Gasteiger partial charge in [-0.2, -0.15) is 0 Å². The van der Waals surface area contributed by atoms with Crippen LogP contribution in [0.15, 0.2) is 48.5 Å². The molecular weight excluding hydrogens is 325 g/mol. The number of rotatable bonds is 3. The Balaban J connectivity index is 0.000000249. The topological polar surface area (TPSA) is 97.2 Å². The molecule has 6 heteroatoms. The Bertz CT molecular complexity index is 672. The van der Waals surface area contributed by atoms with Crippen molar-refractivity contribution < 1.29 is 24.8 Å². The summed E-state index contributed by atoms with van der Waals surface area (Å²) in [5.74, 6) is 0.273. The third-order valence-corrected chi connectivity index (χ3v) is 4.32. The SMILES string of the molecule is O=[P+]([O-])Oc1ccccc1-c1ccccc1O.[NH3+]C1CCCCC1. The molecule has 128 valence electrons. The fourth-order valence-corrected chi connectivity index (χ4v) is 3.06. The third-order valence-electron chi connectivity index (χ3n) is 3.98. The number of hydrogen-bond acceptors (Lipinski definition) is 4. The van der Waals surface area contributed by atoms with Crippen molar-refractivity contribution in [2.75, 3.05) is 0 Å². The van der Waals surface area contributed by atoms with Gasteiger partial charge in [-0.05, 0) is 42.4 Å². The maximum atomic E-state index is 10.6. The number of aromatic hydroxyl groups is 1. The van der Waals surface area contributed by atoms with Crippen LogP contribution in [0.5, 0.6) is 11.5 Å². The first-order valence-electron chi connectivity index (χ1n) is 8.10. The minimum absolute atomic E-state index is 0.0738. The molecule has 1 saturated carbocycles. The van der Waals surface area contributed by atoms with Crippen molar-refractivity contribution in [3.8, 4) is 22.6 Å². The molecule has 0 amide bonds. The van der Waals surface area contributed by atoms with E-state index in [2.05, 4.69) is 5.73 Å². The van der Waals surface area contributed by atoms with E-state index >= 15 is 0 Å². The first-order valence-corrected chi connectivity index (χ1v) is 9.20. The highest BCUT2D eigenvalue weighted by atomic mass is 31.1. The van der Waals surface area contributed by atoms with E-state index in [9.17, 15) is 14.6 Å². The second kappa shape index (κ2) is 9.38. The molecule has 1 unspecified atom stereocenters. The summed E-state index contributed by atoms with van der Waals surface area (Å²) in [6.07, 6.45) is 7.05. The molecule has 5 nitrogen and oxygen atoms in total. The first kappa shape index (κ1) is 18.4. The van der Waals surface area contributed by atoms with Gasteiger partial charge in [0.1, 0.15) is 5.75 Å². The summed E-state index contributed by atoms with van der Waals surface area (Å²) >= 11 is 0. The van der Waals surface area contributed by atoms with Crippen molar-refractivity contribution >= 4 is 8.25 Å². The molecule has 1 atom stereocenters. The van der Waals surface area contributed by atoms with Crippen molar-refractivity contribution in [1.82, 2.24) is 0 Å². The summed E-state index contributed by atoms with van der Waals surface area (Å²) in [4.78, 5) is 10.6. The second-order valence-corrected chi connectivity index (χ2v) is 6.46. The van der Waals surface area contributed by atoms with E-state index in [0.29, 0.717) is 11.1 Å². The van der Waals surface area contributed by atoms with E-state index in [1.807, 2.05) is 0 Å². The number of quaternary nitrogens is 1. The summed E-state index contributed by atoms with van der Waals surface area (Å²) in [7, 11) is -2.97. The zero-order chi connectivity index (χ0) is 17.4. The van der Waals surface area contributed by atoms with Crippen LogP contribution in [0.2, 0.25) is 0 Å². The highest BCUT2D eigenvalue weighted by Crippen LogP contribution is 2.37. The normalized spacial score (nSPS) is 15.2. The Morgan fingerprint density at radius 2 is 1.58 bits per heavy atom. The van der Waals surface area contributed by atoms with Gasteiger partial charge >= 0.3 is 8.25 Å². The average molecular weight is 348 g/mol. The predicted molar refractivity (Wildman–Crippen MR) is 91.5 cm³/mol. The predicted octanol–water partition coefficient (Wildman–Crippen LogP) is 3.02. The van der Waals surface area contributed by atoms with E-state index in [0.717, 1.165) is 6.04 Å². The molecule has 3 rings (SSSR count). The van der Waals surface area contributed by atoms with Gasteiger partial charge in [-0.25, -0.2) is 0 Å². The summed E-state index contributed by atoms with van der Waals surface area (Å²) in [6.45, 7) is 0. The molecule has 24 heavy (non-hydrogen) atoms. The summed E-state index contributed by atoms with van der Waals surface area (Å²) < 4.78 is 15.3. The summed E-state index contributed by atoms with van der Waals surface area (Å²) in [5.41, 5.74) is 5.06. The van der Waals surface area contributed by atoms with Gasteiger partial charge in [0.15, 0.2) is 5.75 Å². The zero-order valence-corrected chi connectivity index (χ0v) is 14.5. The molecule has 4 N–H and O–H groups in total. The van der Waals surface area contributed by atoms with Crippen molar-refractivity contribution in [1.29, 1.82) is 0 Å². The number of hydrogen-bond donors (Lipinski definition) is 2. The highest BCUT2D eigenvalue weighted by Gasteiger charge is 2.14.